The molecule has 1 aromatic rings. The van der Waals surface area contributed by atoms with E-state index in [1.165, 1.54) is 4.90 Å². The van der Waals surface area contributed by atoms with Crippen molar-refractivity contribution in [2.45, 2.75) is 17.3 Å². The third-order valence-corrected chi connectivity index (χ3v) is 3.41. The zero-order valence-corrected chi connectivity index (χ0v) is 10.3. The van der Waals surface area contributed by atoms with Crippen LogP contribution in [0.15, 0.2) is 29.2 Å². The standard InChI is InChI=1S/C12H17NO2S/c1-2-14-10-3-5-11(6-4-10)16-12-9-13-7-8-15-12/h3-6,12-13H,2,7-9H2,1H3. The topological polar surface area (TPSA) is 30.5 Å². The fourth-order valence-corrected chi connectivity index (χ4v) is 2.51. The first-order valence-electron chi connectivity index (χ1n) is 5.60. The predicted octanol–water partition coefficient (Wildman–Crippen LogP) is 2.12. The highest BCUT2D eigenvalue weighted by Crippen LogP contribution is 2.26. The van der Waals surface area contributed by atoms with Gasteiger partial charge >= 0.3 is 0 Å². The summed E-state index contributed by atoms with van der Waals surface area (Å²) in [5, 5.41) is 3.32. The maximum Gasteiger partial charge on any atom is 0.120 e. The van der Waals surface area contributed by atoms with Gasteiger partial charge in [0.05, 0.1) is 13.2 Å². The molecule has 0 aromatic heterocycles. The molecule has 1 heterocycles. The monoisotopic (exact) mass is 239 g/mol. The lowest BCUT2D eigenvalue weighted by atomic mass is 10.3. The summed E-state index contributed by atoms with van der Waals surface area (Å²) >= 11 is 1.75. The fraction of sp³-hybridized carbons (Fsp3) is 0.500. The Bertz CT molecular complexity index is 309. The average Bonchev–Trinajstić information content (AvgIpc) is 2.33. The van der Waals surface area contributed by atoms with E-state index in [4.69, 9.17) is 9.47 Å². The van der Waals surface area contributed by atoms with Gasteiger partial charge in [0, 0.05) is 18.0 Å². The Morgan fingerprint density at radius 3 is 2.88 bits per heavy atom. The van der Waals surface area contributed by atoms with E-state index in [0.29, 0.717) is 6.61 Å². The van der Waals surface area contributed by atoms with Crippen molar-refractivity contribution in [3.05, 3.63) is 24.3 Å². The second-order valence-corrected chi connectivity index (χ2v) is 4.76. The molecule has 0 aliphatic carbocycles. The van der Waals surface area contributed by atoms with E-state index in [2.05, 4.69) is 17.4 Å². The van der Waals surface area contributed by atoms with Gasteiger partial charge in [0.2, 0.25) is 0 Å². The van der Waals surface area contributed by atoms with Crippen molar-refractivity contribution in [3.63, 3.8) is 0 Å². The first kappa shape index (κ1) is 11.8. The number of hydrogen-bond acceptors (Lipinski definition) is 4. The lowest BCUT2D eigenvalue weighted by Gasteiger charge is -2.22. The Morgan fingerprint density at radius 2 is 2.25 bits per heavy atom. The molecule has 0 bridgehead atoms. The molecule has 0 amide bonds. The maximum absolute atomic E-state index is 5.63. The van der Waals surface area contributed by atoms with Crippen LogP contribution in [0.2, 0.25) is 0 Å². The lowest BCUT2D eigenvalue weighted by Crippen LogP contribution is -2.36. The summed E-state index contributed by atoms with van der Waals surface area (Å²) < 4.78 is 11.0. The van der Waals surface area contributed by atoms with E-state index in [1.54, 1.807) is 11.8 Å². The Hall–Kier alpha value is -0.710. The number of morpholine rings is 1. The minimum Gasteiger partial charge on any atom is -0.494 e. The molecule has 0 saturated carbocycles. The quantitative estimate of drug-likeness (QED) is 0.872. The molecule has 2 rings (SSSR count). The predicted molar refractivity (Wildman–Crippen MR) is 66.1 cm³/mol. The molecule has 1 aliphatic heterocycles. The molecule has 1 atom stereocenters. The first-order chi connectivity index (χ1) is 7.88. The minimum atomic E-state index is 0.228. The van der Waals surface area contributed by atoms with Crippen LogP contribution in [0.4, 0.5) is 0 Å². The molecule has 1 saturated heterocycles. The van der Waals surface area contributed by atoms with Crippen molar-refractivity contribution in [3.8, 4) is 5.75 Å². The number of thioether (sulfide) groups is 1. The van der Waals surface area contributed by atoms with Crippen molar-refractivity contribution in [2.75, 3.05) is 26.3 Å². The van der Waals surface area contributed by atoms with Crippen LogP contribution in [0.1, 0.15) is 6.92 Å². The number of benzene rings is 1. The van der Waals surface area contributed by atoms with Crippen LogP contribution in [-0.4, -0.2) is 31.7 Å². The van der Waals surface area contributed by atoms with Crippen LogP contribution < -0.4 is 10.1 Å². The molecule has 16 heavy (non-hydrogen) atoms. The van der Waals surface area contributed by atoms with Crippen LogP contribution >= 0.6 is 11.8 Å². The van der Waals surface area contributed by atoms with Gasteiger partial charge in [-0.25, -0.2) is 0 Å². The van der Waals surface area contributed by atoms with E-state index < -0.39 is 0 Å². The molecule has 1 aliphatic rings. The summed E-state index contributed by atoms with van der Waals surface area (Å²) in [4.78, 5) is 1.22. The van der Waals surface area contributed by atoms with Crippen molar-refractivity contribution in [1.82, 2.24) is 5.32 Å². The first-order valence-corrected chi connectivity index (χ1v) is 6.48. The third-order valence-electron chi connectivity index (χ3n) is 2.30. The second kappa shape index (κ2) is 6.13. The molecule has 1 fully saturated rings. The summed E-state index contributed by atoms with van der Waals surface area (Å²) in [6, 6.07) is 8.16. The SMILES string of the molecule is CCOc1ccc(SC2CNCCO2)cc1. The van der Waals surface area contributed by atoms with Crippen molar-refractivity contribution in [2.24, 2.45) is 0 Å². The Kier molecular flexibility index (Phi) is 4.51. The molecule has 1 aromatic carbocycles. The van der Waals surface area contributed by atoms with E-state index in [-0.39, 0.29) is 5.44 Å². The van der Waals surface area contributed by atoms with Crippen molar-refractivity contribution in [1.29, 1.82) is 0 Å². The van der Waals surface area contributed by atoms with Crippen LogP contribution in [0.5, 0.6) is 5.75 Å². The minimum absolute atomic E-state index is 0.228. The smallest absolute Gasteiger partial charge is 0.120 e. The maximum atomic E-state index is 5.63. The van der Waals surface area contributed by atoms with Gasteiger partial charge in [-0.15, -0.1) is 0 Å². The van der Waals surface area contributed by atoms with Gasteiger partial charge < -0.3 is 14.8 Å². The highest BCUT2D eigenvalue weighted by atomic mass is 32.2. The van der Waals surface area contributed by atoms with E-state index in [0.717, 1.165) is 25.4 Å². The van der Waals surface area contributed by atoms with Gasteiger partial charge in [0.15, 0.2) is 0 Å². The molecule has 0 radical (unpaired) electrons. The van der Waals surface area contributed by atoms with Crippen LogP contribution in [0, 0.1) is 0 Å². The molecule has 3 nitrogen and oxygen atoms in total. The Balaban J connectivity index is 1.88. The molecule has 1 N–H and O–H groups in total. The summed E-state index contributed by atoms with van der Waals surface area (Å²) in [5.41, 5.74) is 0.228. The third kappa shape index (κ3) is 3.40. The van der Waals surface area contributed by atoms with Gasteiger partial charge in [0.1, 0.15) is 11.2 Å². The summed E-state index contributed by atoms with van der Waals surface area (Å²) in [6.07, 6.45) is 0. The molecular formula is C12H17NO2S. The second-order valence-electron chi connectivity index (χ2n) is 3.53. The number of hydrogen-bond donors (Lipinski definition) is 1. The number of nitrogens with one attached hydrogen (secondary N) is 1. The molecule has 4 heteroatoms. The molecule has 1 unspecified atom stereocenters. The normalized spacial score (nSPS) is 20.7. The van der Waals surface area contributed by atoms with Crippen LogP contribution in [0.3, 0.4) is 0 Å². The summed E-state index contributed by atoms with van der Waals surface area (Å²) in [7, 11) is 0. The van der Waals surface area contributed by atoms with Gasteiger partial charge in [-0.2, -0.15) is 0 Å². The number of rotatable bonds is 4. The van der Waals surface area contributed by atoms with E-state index in [9.17, 15) is 0 Å². The van der Waals surface area contributed by atoms with Gasteiger partial charge in [-0.05, 0) is 31.2 Å². The largest absolute Gasteiger partial charge is 0.494 e. The zero-order chi connectivity index (χ0) is 11.2. The molecule has 0 spiro atoms. The summed E-state index contributed by atoms with van der Waals surface area (Å²) in [6.45, 7) is 5.37. The molecule has 88 valence electrons. The highest BCUT2D eigenvalue weighted by Gasteiger charge is 2.14. The summed E-state index contributed by atoms with van der Waals surface area (Å²) in [5.74, 6) is 0.925. The van der Waals surface area contributed by atoms with Gasteiger partial charge in [0.25, 0.3) is 0 Å². The van der Waals surface area contributed by atoms with Crippen LogP contribution in [0.25, 0.3) is 0 Å². The lowest BCUT2D eigenvalue weighted by molar-refractivity contribution is 0.0853. The molecular weight excluding hydrogens is 222 g/mol. The zero-order valence-electron chi connectivity index (χ0n) is 9.44. The van der Waals surface area contributed by atoms with Crippen molar-refractivity contribution >= 4 is 11.8 Å². The van der Waals surface area contributed by atoms with E-state index >= 15 is 0 Å². The fourth-order valence-electron chi connectivity index (χ4n) is 1.55. The van der Waals surface area contributed by atoms with E-state index in [1.807, 2.05) is 19.1 Å². The van der Waals surface area contributed by atoms with Gasteiger partial charge in [-0.1, -0.05) is 11.8 Å². The van der Waals surface area contributed by atoms with Crippen molar-refractivity contribution < 1.29 is 9.47 Å². The van der Waals surface area contributed by atoms with Crippen LogP contribution in [-0.2, 0) is 4.74 Å². The highest BCUT2D eigenvalue weighted by molar-refractivity contribution is 7.99. The number of ether oxygens (including phenoxy) is 2. The average molecular weight is 239 g/mol. The Morgan fingerprint density at radius 1 is 1.44 bits per heavy atom. The Labute approximate surface area is 101 Å². The van der Waals surface area contributed by atoms with Gasteiger partial charge in [-0.3, -0.25) is 0 Å².